The molecule has 1 aromatic rings. The van der Waals surface area contributed by atoms with Crippen LogP contribution in [0.15, 0.2) is 16.3 Å². The molecule has 0 bridgehead atoms. The second-order valence-corrected chi connectivity index (χ2v) is 8.80. The Bertz CT molecular complexity index is 612. The summed E-state index contributed by atoms with van der Waals surface area (Å²) in [5.41, 5.74) is 0. The van der Waals surface area contributed by atoms with Gasteiger partial charge in [0, 0.05) is 18.0 Å². The van der Waals surface area contributed by atoms with Gasteiger partial charge in [0.2, 0.25) is 0 Å². The van der Waals surface area contributed by atoms with E-state index in [4.69, 9.17) is 5.11 Å². The molecule has 6 nitrogen and oxygen atoms in total. The molecule has 1 aliphatic rings. The number of aliphatic carboxylic acids is 1. The Labute approximate surface area is 135 Å². The molecule has 2 rings (SSSR count). The Morgan fingerprint density at radius 2 is 2.27 bits per heavy atom. The van der Waals surface area contributed by atoms with E-state index in [2.05, 4.69) is 5.32 Å². The Morgan fingerprint density at radius 1 is 1.50 bits per heavy atom. The summed E-state index contributed by atoms with van der Waals surface area (Å²) >= 11 is 1.33. The van der Waals surface area contributed by atoms with Gasteiger partial charge < -0.3 is 10.4 Å². The summed E-state index contributed by atoms with van der Waals surface area (Å²) < 4.78 is 27.3. The van der Waals surface area contributed by atoms with Gasteiger partial charge in [0.1, 0.15) is 4.21 Å². The van der Waals surface area contributed by atoms with Gasteiger partial charge in [0.05, 0.1) is 6.54 Å². The van der Waals surface area contributed by atoms with Crippen molar-refractivity contribution in [3.63, 3.8) is 0 Å². The van der Waals surface area contributed by atoms with E-state index in [-0.39, 0.29) is 12.5 Å². The summed E-state index contributed by atoms with van der Waals surface area (Å²) in [4.78, 5) is 11.6. The molecule has 0 aliphatic carbocycles. The van der Waals surface area contributed by atoms with Crippen LogP contribution in [-0.2, 0) is 21.2 Å². The van der Waals surface area contributed by atoms with Crippen LogP contribution in [0.5, 0.6) is 0 Å². The van der Waals surface area contributed by atoms with E-state index in [0.29, 0.717) is 23.8 Å². The third-order valence-electron chi connectivity index (χ3n) is 3.77. The SMILES string of the molecule is CCc1ccc(S(=O)(=O)N2CCCC(CNCC(=O)O)C2)s1. The summed E-state index contributed by atoms with van der Waals surface area (Å²) in [6, 6.07) is 3.55. The van der Waals surface area contributed by atoms with Crippen molar-refractivity contribution in [1.82, 2.24) is 9.62 Å². The topological polar surface area (TPSA) is 86.7 Å². The van der Waals surface area contributed by atoms with Gasteiger partial charge >= 0.3 is 5.97 Å². The number of carboxylic acid groups (broad SMARTS) is 1. The molecule has 0 saturated carbocycles. The zero-order valence-electron chi connectivity index (χ0n) is 12.6. The Kier molecular flexibility index (Phi) is 5.96. The number of nitrogens with one attached hydrogen (secondary N) is 1. The van der Waals surface area contributed by atoms with E-state index in [1.165, 1.54) is 15.6 Å². The number of carbonyl (C=O) groups is 1. The minimum atomic E-state index is -3.42. The van der Waals surface area contributed by atoms with Crippen LogP contribution in [-0.4, -0.2) is 50.0 Å². The van der Waals surface area contributed by atoms with Crippen LogP contribution >= 0.6 is 11.3 Å². The fraction of sp³-hybridized carbons (Fsp3) is 0.643. The van der Waals surface area contributed by atoms with Crippen molar-refractivity contribution in [3.05, 3.63) is 17.0 Å². The zero-order chi connectivity index (χ0) is 16.2. The van der Waals surface area contributed by atoms with Crippen LogP contribution in [0.1, 0.15) is 24.6 Å². The van der Waals surface area contributed by atoms with Gasteiger partial charge in [-0.1, -0.05) is 6.92 Å². The van der Waals surface area contributed by atoms with E-state index in [1.54, 1.807) is 6.07 Å². The summed E-state index contributed by atoms with van der Waals surface area (Å²) in [5.74, 6) is -0.737. The van der Waals surface area contributed by atoms with E-state index in [1.807, 2.05) is 13.0 Å². The van der Waals surface area contributed by atoms with Crippen molar-refractivity contribution in [2.75, 3.05) is 26.2 Å². The molecule has 1 unspecified atom stereocenters. The maximum Gasteiger partial charge on any atom is 0.317 e. The number of nitrogens with zero attached hydrogens (tertiary/aromatic N) is 1. The highest BCUT2D eigenvalue weighted by atomic mass is 32.2. The smallest absolute Gasteiger partial charge is 0.317 e. The van der Waals surface area contributed by atoms with Gasteiger partial charge in [0.25, 0.3) is 10.0 Å². The highest BCUT2D eigenvalue weighted by molar-refractivity contribution is 7.91. The summed E-state index contributed by atoms with van der Waals surface area (Å²) in [6.07, 6.45) is 2.57. The van der Waals surface area contributed by atoms with Crippen LogP contribution in [0.2, 0.25) is 0 Å². The molecule has 1 aliphatic heterocycles. The first kappa shape index (κ1) is 17.4. The molecule has 1 fully saturated rings. The zero-order valence-corrected chi connectivity index (χ0v) is 14.3. The molecule has 8 heteroatoms. The number of sulfonamides is 1. The Hall–Kier alpha value is -0.960. The van der Waals surface area contributed by atoms with E-state index in [0.717, 1.165) is 24.1 Å². The lowest BCUT2D eigenvalue weighted by Crippen LogP contribution is -2.43. The van der Waals surface area contributed by atoms with E-state index < -0.39 is 16.0 Å². The number of aryl methyl sites for hydroxylation is 1. The van der Waals surface area contributed by atoms with Crippen LogP contribution < -0.4 is 5.32 Å². The van der Waals surface area contributed by atoms with Gasteiger partial charge in [-0.25, -0.2) is 8.42 Å². The first-order valence-electron chi connectivity index (χ1n) is 7.45. The lowest BCUT2D eigenvalue weighted by atomic mass is 10.00. The molecule has 0 amide bonds. The van der Waals surface area contributed by atoms with Crippen LogP contribution in [0.3, 0.4) is 0 Å². The van der Waals surface area contributed by atoms with Crippen molar-refractivity contribution in [1.29, 1.82) is 0 Å². The molecule has 22 heavy (non-hydrogen) atoms. The fourth-order valence-electron chi connectivity index (χ4n) is 2.61. The molecular formula is C14H22N2O4S2. The van der Waals surface area contributed by atoms with Gasteiger partial charge in [-0.05, 0) is 43.9 Å². The first-order valence-corrected chi connectivity index (χ1v) is 9.70. The average Bonchev–Trinajstić information content (AvgIpc) is 2.97. The van der Waals surface area contributed by atoms with Crippen molar-refractivity contribution in [2.45, 2.75) is 30.4 Å². The summed E-state index contributed by atoms with van der Waals surface area (Å²) in [7, 11) is -3.42. The van der Waals surface area contributed by atoms with Crippen molar-refractivity contribution in [2.24, 2.45) is 5.92 Å². The predicted molar refractivity (Wildman–Crippen MR) is 85.7 cm³/mol. The monoisotopic (exact) mass is 346 g/mol. The van der Waals surface area contributed by atoms with Crippen molar-refractivity contribution < 1.29 is 18.3 Å². The van der Waals surface area contributed by atoms with Crippen molar-refractivity contribution in [3.8, 4) is 0 Å². The molecule has 1 saturated heterocycles. The molecule has 0 spiro atoms. The maximum absolute atomic E-state index is 12.7. The number of carboxylic acids is 1. The molecule has 1 atom stereocenters. The third kappa shape index (κ3) is 4.28. The minimum Gasteiger partial charge on any atom is -0.480 e. The second kappa shape index (κ2) is 7.54. The normalized spacial score (nSPS) is 20.1. The molecule has 1 aromatic heterocycles. The van der Waals surface area contributed by atoms with Gasteiger partial charge in [0.15, 0.2) is 0 Å². The molecule has 0 aromatic carbocycles. The van der Waals surface area contributed by atoms with Crippen LogP contribution in [0.25, 0.3) is 0 Å². The van der Waals surface area contributed by atoms with E-state index in [9.17, 15) is 13.2 Å². The van der Waals surface area contributed by atoms with Gasteiger partial charge in [-0.2, -0.15) is 4.31 Å². The predicted octanol–water partition coefficient (Wildman–Crippen LogP) is 1.39. The quantitative estimate of drug-likeness (QED) is 0.779. The fourth-order valence-corrected chi connectivity index (χ4v) is 5.61. The number of hydrogen-bond acceptors (Lipinski definition) is 5. The standard InChI is InChI=1S/C14H22N2O4S2/c1-2-12-5-6-14(21-12)22(19,20)16-7-3-4-11(10-16)8-15-9-13(17)18/h5-6,11,15H,2-4,7-10H2,1H3,(H,17,18). The minimum absolute atomic E-state index is 0.0893. The molecular weight excluding hydrogens is 324 g/mol. The molecule has 0 radical (unpaired) electrons. The summed E-state index contributed by atoms with van der Waals surface area (Å²) in [5, 5.41) is 11.5. The average molecular weight is 346 g/mol. The van der Waals surface area contributed by atoms with E-state index >= 15 is 0 Å². The maximum atomic E-state index is 12.7. The highest BCUT2D eigenvalue weighted by Gasteiger charge is 2.31. The summed E-state index contributed by atoms with van der Waals surface area (Å²) in [6.45, 7) is 3.44. The number of piperidine rings is 1. The Balaban J connectivity index is 1.99. The molecule has 2 N–H and O–H groups in total. The number of thiophene rings is 1. The second-order valence-electron chi connectivity index (χ2n) is 5.47. The van der Waals surface area contributed by atoms with Crippen LogP contribution in [0.4, 0.5) is 0 Å². The first-order chi connectivity index (χ1) is 10.4. The van der Waals surface area contributed by atoms with Gasteiger partial charge in [-0.15, -0.1) is 11.3 Å². The van der Waals surface area contributed by atoms with Gasteiger partial charge in [-0.3, -0.25) is 4.79 Å². The largest absolute Gasteiger partial charge is 0.480 e. The lowest BCUT2D eigenvalue weighted by molar-refractivity contribution is -0.136. The number of rotatable bonds is 7. The molecule has 124 valence electrons. The van der Waals surface area contributed by atoms with Crippen LogP contribution in [0, 0.1) is 5.92 Å². The third-order valence-corrected chi connectivity index (χ3v) is 7.33. The van der Waals surface area contributed by atoms with Crippen molar-refractivity contribution >= 4 is 27.3 Å². The highest BCUT2D eigenvalue weighted by Crippen LogP contribution is 2.28. The Morgan fingerprint density at radius 3 is 2.91 bits per heavy atom. The lowest BCUT2D eigenvalue weighted by Gasteiger charge is -2.31. The molecule has 2 heterocycles. The number of hydrogen-bond donors (Lipinski definition) is 2.